The van der Waals surface area contributed by atoms with Gasteiger partial charge in [-0.3, -0.25) is 9.59 Å². The predicted molar refractivity (Wildman–Crippen MR) is 119 cm³/mol. The van der Waals surface area contributed by atoms with Crippen LogP contribution in [0, 0.1) is 13.8 Å². The molecule has 0 radical (unpaired) electrons. The summed E-state index contributed by atoms with van der Waals surface area (Å²) in [5.41, 5.74) is 3.96. The van der Waals surface area contributed by atoms with Crippen LogP contribution in [-0.2, 0) is 16.1 Å². The van der Waals surface area contributed by atoms with Gasteiger partial charge in [0.25, 0.3) is 5.56 Å². The van der Waals surface area contributed by atoms with E-state index in [-0.39, 0.29) is 30.0 Å². The normalized spacial score (nSPS) is 16.4. The Labute approximate surface area is 181 Å². The maximum Gasteiger partial charge on any atom is 0.293 e. The molecule has 1 N–H and O–H groups in total. The van der Waals surface area contributed by atoms with E-state index in [0.717, 1.165) is 36.4 Å². The number of hydrogen-bond acceptors (Lipinski definition) is 5. The van der Waals surface area contributed by atoms with Gasteiger partial charge in [-0.25, -0.2) is 9.36 Å². The summed E-state index contributed by atoms with van der Waals surface area (Å²) >= 11 is 0. The molecule has 0 aliphatic carbocycles. The molecule has 1 fully saturated rings. The number of nitrogens with zero attached hydrogens (tertiary/aromatic N) is 4. The third kappa shape index (κ3) is 4.25. The number of fused-ring (bicyclic) bond motifs is 1. The van der Waals surface area contributed by atoms with Gasteiger partial charge in [0.15, 0.2) is 0 Å². The Morgan fingerprint density at radius 3 is 2.77 bits per heavy atom. The van der Waals surface area contributed by atoms with Crippen molar-refractivity contribution in [2.45, 2.75) is 59.1 Å². The summed E-state index contributed by atoms with van der Waals surface area (Å²) in [4.78, 5) is 25.9. The highest BCUT2D eigenvalue weighted by molar-refractivity contribution is 5.82. The van der Waals surface area contributed by atoms with Crippen LogP contribution >= 0.6 is 0 Å². The Morgan fingerprint density at radius 1 is 1.29 bits per heavy atom. The molecule has 1 amide bonds. The fraction of sp³-hybridized carbons (Fsp3) is 0.478. The molecule has 1 saturated heterocycles. The molecule has 1 aromatic carbocycles. The number of aryl methyl sites for hydroxylation is 2. The van der Waals surface area contributed by atoms with Gasteiger partial charge in [-0.1, -0.05) is 19.9 Å². The number of benzene rings is 1. The first-order valence-corrected chi connectivity index (χ1v) is 10.8. The Morgan fingerprint density at radius 2 is 2.10 bits per heavy atom. The lowest BCUT2D eigenvalue weighted by atomic mass is 10.1. The van der Waals surface area contributed by atoms with Crippen molar-refractivity contribution in [2.75, 3.05) is 13.2 Å². The average molecular weight is 424 g/mol. The standard InChI is InChI=1S/C23H29N5O3/c1-14(2)21-19-12-25-28(17-8-7-15(3)16(4)10-17)22(19)23(30)27(26-21)13-20(29)24-11-18-6-5-9-31-18/h7-8,10,12,14,18H,5-6,9,11,13H2,1-4H3,(H,24,29)/t18-/m1/s1. The van der Waals surface area contributed by atoms with Crippen LogP contribution < -0.4 is 10.9 Å². The molecule has 0 spiro atoms. The fourth-order valence-electron chi connectivity index (χ4n) is 3.90. The molecule has 0 saturated carbocycles. The highest BCUT2D eigenvalue weighted by Gasteiger charge is 2.21. The van der Waals surface area contributed by atoms with Crippen LogP contribution in [0.4, 0.5) is 0 Å². The zero-order valence-corrected chi connectivity index (χ0v) is 18.5. The number of aromatic nitrogens is 4. The van der Waals surface area contributed by atoms with E-state index >= 15 is 0 Å². The van der Waals surface area contributed by atoms with Crippen molar-refractivity contribution in [2.24, 2.45) is 0 Å². The van der Waals surface area contributed by atoms with Crippen molar-refractivity contribution in [3.8, 4) is 5.69 Å². The molecule has 1 aliphatic heterocycles. The van der Waals surface area contributed by atoms with Gasteiger partial charge in [-0.15, -0.1) is 0 Å². The summed E-state index contributed by atoms with van der Waals surface area (Å²) in [5, 5.41) is 12.6. The van der Waals surface area contributed by atoms with E-state index in [0.29, 0.717) is 17.4 Å². The Balaban J connectivity index is 1.72. The second-order valence-corrected chi connectivity index (χ2v) is 8.53. The Kier molecular flexibility index (Phi) is 5.91. The van der Waals surface area contributed by atoms with E-state index < -0.39 is 0 Å². The third-order valence-electron chi connectivity index (χ3n) is 5.84. The topological polar surface area (TPSA) is 91.0 Å². The van der Waals surface area contributed by atoms with E-state index in [9.17, 15) is 9.59 Å². The summed E-state index contributed by atoms with van der Waals surface area (Å²) in [6.45, 7) is 9.15. The molecule has 1 aliphatic rings. The number of ether oxygens (including phenoxy) is 1. The summed E-state index contributed by atoms with van der Waals surface area (Å²) < 4.78 is 8.45. The molecule has 2 aromatic heterocycles. The average Bonchev–Trinajstić information content (AvgIpc) is 3.40. The maximum atomic E-state index is 13.3. The first kappa shape index (κ1) is 21.2. The second-order valence-electron chi connectivity index (χ2n) is 8.53. The molecule has 0 bridgehead atoms. The highest BCUT2D eigenvalue weighted by Crippen LogP contribution is 2.23. The Hall–Kier alpha value is -3.00. The largest absolute Gasteiger partial charge is 0.376 e. The second kappa shape index (κ2) is 8.63. The summed E-state index contributed by atoms with van der Waals surface area (Å²) in [6.07, 6.45) is 3.69. The van der Waals surface area contributed by atoms with E-state index in [1.165, 1.54) is 10.2 Å². The van der Waals surface area contributed by atoms with Crippen molar-refractivity contribution >= 4 is 16.8 Å². The zero-order chi connectivity index (χ0) is 22.1. The van der Waals surface area contributed by atoms with E-state index in [4.69, 9.17) is 4.74 Å². The van der Waals surface area contributed by atoms with Gasteiger partial charge in [0.1, 0.15) is 12.1 Å². The molecule has 3 aromatic rings. The van der Waals surface area contributed by atoms with Crippen LogP contribution in [0.5, 0.6) is 0 Å². The minimum atomic E-state index is -0.331. The van der Waals surface area contributed by atoms with Gasteiger partial charge in [0.2, 0.25) is 5.91 Å². The number of rotatable bonds is 6. The SMILES string of the molecule is Cc1ccc(-n2ncc3c(C(C)C)nn(CC(=O)NC[C@H]4CCCO4)c(=O)c32)cc1C. The van der Waals surface area contributed by atoms with Crippen LogP contribution in [0.1, 0.15) is 49.4 Å². The minimum Gasteiger partial charge on any atom is -0.376 e. The fourth-order valence-corrected chi connectivity index (χ4v) is 3.90. The first-order chi connectivity index (χ1) is 14.8. The lowest BCUT2D eigenvalue weighted by molar-refractivity contribution is -0.122. The Bertz CT molecular complexity index is 1170. The smallest absolute Gasteiger partial charge is 0.293 e. The van der Waals surface area contributed by atoms with Crippen LogP contribution in [0.2, 0.25) is 0 Å². The minimum absolute atomic E-state index is 0.0496. The molecule has 4 rings (SSSR count). The van der Waals surface area contributed by atoms with Gasteiger partial charge in [-0.2, -0.15) is 10.2 Å². The van der Waals surface area contributed by atoms with Crippen LogP contribution in [0.3, 0.4) is 0 Å². The van der Waals surface area contributed by atoms with Crippen LogP contribution in [0.25, 0.3) is 16.6 Å². The maximum absolute atomic E-state index is 13.3. The van der Waals surface area contributed by atoms with E-state index in [1.807, 2.05) is 45.9 Å². The molecule has 31 heavy (non-hydrogen) atoms. The number of carbonyl (C=O) groups is 1. The lowest BCUT2D eigenvalue weighted by Gasteiger charge is -2.14. The number of nitrogens with one attached hydrogen (secondary N) is 1. The van der Waals surface area contributed by atoms with Crippen molar-refractivity contribution in [1.29, 1.82) is 0 Å². The van der Waals surface area contributed by atoms with Crippen molar-refractivity contribution < 1.29 is 9.53 Å². The molecule has 3 heterocycles. The molecule has 164 valence electrons. The van der Waals surface area contributed by atoms with Crippen LogP contribution in [0.15, 0.2) is 29.2 Å². The van der Waals surface area contributed by atoms with Crippen LogP contribution in [-0.4, -0.2) is 44.7 Å². The molecule has 8 heteroatoms. The number of hydrogen-bond donors (Lipinski definition) is 1. The summed E-state index contributed by atoms with van der Waals surface area (Å²) in [5.74, 6) is -0.182. The third-order valence-corrected chi connectivity index (χ3v) is 5.84. The summed E-state index contributed by atoms with van der Waals surface area (Å²) in [7, 11) is 0. The molecule has 0 unspecified atom stereocenters. The van der Waals surface area contributed by atoms with Gasteiger partial charge in [0.05, 0.1) is 23.7 Å². The van der Waals surface area contributed by atoms with Gasteiger partial charge in [-0.05, 0) is 55.9 Å². The summed E-state index contributed by atoms with van der Waals surface area (Å²) in [6, 6.07) is 5.97. The first-order valence-electron chi connectivity index (χ1n) is 10.8. The van der Waals surface area contributed by atoms with E-state index in [1.54, 1.807) is 10.9 Å². The molecular weight excluding hydrogens is 394 g/mol. The van der Waals surface area contributed by atoms with Gasteiger partial charge < -0.3 is 10.1 Å². The van der Waals surface area contributed by atoms with E-state index in [2.05, 4.69) is 15.5 Å². The highest BCUT2D eigenvalue weighted by atomic mass is 16.5. The predicted octanol–water partition coefficient (Wildman–Crippen LogP) is 2.62. The monoisotopic (exact) mass is 423 g/mol. The number of amides is 1. The van der Waals surface area contributed by atoms with Gasteiger partial charge >= 0.3 is 0 Å². The van der Waals surface area contributed by atoms with Crippen molar-refractivity contribution in [3.05, 3.63) is 51.6 Å². The number of carbonyl (C=O) groups excluding carboxylic acids is 1. The zero-order valence-electron chi connectivity index (χ0n) is 18.5. The van der Waals surface area contributed by atoms with Crippen molar-refractivity contribution in [3.63, 3.8) is 0 Å². The molecule has 8 nitrogen and oxygen atoms in total. The quantitative estimate of drug-likeness (QED) is 0.658. The van der Waals surface area contributed by atoms with Gasteiger partial charge in [0, 0.05) is 18.5 Å². The van der Waals surface area contributed by atoms with Crippen molar-refractivity contribution in [1.82, 2.24) is 24.9 Å². The molecular formula is C23H29N5O3. The lowest BCUT2D eigenvalue weighted by Crippen LogP contribution is -2.38. The molecule has 1 atom stereocenters.